The Bertz CT molecular complexity index is 548. The van der Waals surface area contributed by atoms with E-state index in [1.165, 1.54) is 18.2 Å². The molecule has 2 aromatic rings. The number of halogens is 4. The minimum Gasteiger partial charge on any atom is -0.368 e. The van der Waals surface area contributed by atoms with Crippen LogP contribution in [0.4, 0.5) is 19.1 Å². The van der Waals surface area contributed by atoms with Crippen LogP contribution in [0, 0.1) is 0 Å². The largest absolute Gasteiger partial charge is 0.434 e. The Kier molecular flexibility index (Phi) is 2.38. The van der Waals surface area contributed by atoms with Crippen molar-refractivity contribution >= 4 is 28.5 Å². The van der Waals surface area contributed by atoms with Gasteiger partial charge < -0.3 is 5.73 Å². The summed E-state index contributed by atoms with van der Waals surface area (Å²) in [6.45, 7) is 0. The summed E-state index contributed by atoms with van der Waals surface area (Å²) in [5, 5.41) is 0.171. The maximum Gasteiger partial charge on any atom is 0.434 e. The Morgan fingerprint density at radius 2 is 1.88 bits per heavy atom. The number of hydrogen-bond donors (Lipinski definition) is 1. The molecule has 0 aliphatic rings. The fourth-order valence-electron chi connectivity index (χ4n) is 1.34. The molecule has 0 bridgehead atoms. The highest BCUT2D eigenvalue weighted by atomic mass is 35.5. The monoisotopic (exact) mass is 247 g/mol. The predicted molar refractivity (Wildman–Crippen MR) is 54.0 cm³/mol. The van der Waals surface area contributed by atoms with Gasteiger partial charge in [0.05, 0.1) is 5.52 Å². The number of nitrogens with zero attached hydrogens (tertiary/aromatic N) is 2. The number of rotatable bonds is 0. The average molecular weight is 248 g/mol. The van der Waals surface area contributed by atoms with Gasteiger partial charge in [-0.15, -0.1) is 0 Å². The van der Waals surface area contributed by atoms with E-state index in [1.54, 1.807) is 0 Å². The maximum absolute atomic E-state index is 12.6. The van der Waals surface area contributed by atoms with Crippen molar-refractivity contribution in [2.75, 3.05) is 5.73 Å². The van der Waals surface area contributed by atoms with E-state index in [1.807, 2.05) is 0 Å². The summed E-state index contributed by atoms with van der Waals surface area (Å²) in [5.41, 5.74) is 4.23. The lowest BCUT2D eigenvalue weighted by atomic mass is 10.2. The number of alkyl halides is 3. The van der Waals surface area contributed by atoms with Gasteiger partial charge in [-0.2, -0.15) is 13.2 Å². The molecular formula is C9H5ClF3N3. The lowest BCUT2D eigenvalue weighted by Gasteiger charge is -2.09. The second-order valence-corrected chi connectivity index (χ2v) is 3.53. The van der Waals surface area contributed by atoms with Crippen LogP contribution in [-0.4, -0.2) is 9.97 Å². The van der Waals surface area contributed by atoms with E-state index >= 15 is 0 Å². The fraction of sp³-hybridized carbons (Fsp3) is 0.111. The van der Waals surface area contributed by atoms with E-state index in [9.17, 15) is 13.2 Å². The van der Waals surface area contributed by atoms with Crippen LogP contribution >= 0.6 is 11.6 Å². The molecular weight excluding hydrogens is 243 g/mol. The summed E-state index contributed by atoms with van der Waals surface area (Å²) in [6.07, 6.45) is -4.57. The van der Waals surface area contributed by atoms with E-state index in [0.29, 0.717) is 5.02 Å². The lowest BCUT2D eigenvalue weighted by molar-refractivity contribution is -0.139. The number of nitrogen functional groups attached to an aromatic ring is 1. The molecule has 0 fully saturated rings. The molecule has 1 heterocycles. The average Bonchev–Trinajstić information content (AvgIpc) is 2.14. The van der Waals surface area contributed by atoms with Gasteiger partial charge >= 0.3 is 6.18 Å². The van der Waals surface area contributed by atoms with Gasteiger partial charge in [0, 0.05) is 10.4 Å². The van der Waals surface area contributed by atoms with E-state index in [-0.39, 0.29) is 10.9 Å². The third kappa shape index (κ3) is 1.88. The molecule has 2 N–H and O–H groups in total. The first-order valence-electron chi connectivity index (χ1n) is 4.18. The molecule has 0 atom stereocenters. The topological polar surface area (TPSA) is 51.8 Å². The lowest BCUT2D eigenvalue weighted by Crippen LogP contribution is -2.11. The van der Waals surface area contributed by atoms with Gasteiger partial charge in [0.2, 0.25) is 5.95 Å². The Labute approximate surface area is 93.1 Å². The first kappa shape index (κ1) is 10.9. The second kappa shape index (κ2) is 3.48. The molecule has 3 nitrogen and oxygen atoms in total. The third-order valence-corrected chi connectivity index (χ3v) is 2.18. The van der Waals surface area contributed by atoms with E-state index in [0.717, 1.165) is 0 Å². The highest BCUT2D eigenvalue weighted by Gasteiger charge is 2.35. The van der Waals surface area contributed by atoms with Crippen LogP contribution < -0.4 is 5.73 Å². The molecule has 0 radical (unpaired) electrons. The number of fused-ring (bicyclic) bond motifs is 1. The molecule has 1 aromatic carbocycles. The zero-order valence-electron chi connectivity index (χ0n) is 7.72. The molecule has 0 spiro atoms. The Hall–Kier alpha value is -1.56. The number of benzene rings is 1. The molecule has 0 amide bonds. The number of anilines is 1. The summed E-state index contributed by atoms with van der Waals surface area (Å²) >= 11 is 5.66. The zero-order valence-corrected chi connectivity index (χ0v) is 8.47. The number of aromatic nitrogens is 2. The quantitative estimate of drug-likeness (QED) is 0.779. The molecule has 0 unspecified atom stereocenters. The van der Waals surface area contributed by atoms with Crippen molar-refractivity contribution < 1.29 is 13.2 Å². The molecule has 0 aliphatic carbocycles. The Morgan fingerprint density at radius 1 is 1.19 bits per heavy atom. The molecule has 2 rings (SSSR count). The van der Waals surface area contributed by atoms with Gasteiger partial charge in [0.1, 0.15) is 0 Å². The molecule has 7 heteroatoms. The molecule has 0 saturated carbocycles. The number of nitrogens with two attached hydrogens (primary N) is 1. The summed E-state index contributed by atoms with van der Waals surface area (Å²) in [5.74, 6) is -0.429. The van der Waals surface area contributed by atoms with Crippen molar-refractivity contribution in [2.24, 2.45) is 0 Å². The van der Waals surface area contributed by atoms with Gasteiger partial charge in [0.25, 0.3) is 0 Å². The van der Waals surface area contributed by atoms with E-state index in [2.05, 4.69) is 9.97 Å². The van der Waals surface area contributed by atoms with Crippen LogP contribution in [0.1, 0.15) is 5.69 Å². The van der Waals surface area contributed by atoms with Crippen LogP contribution in [0.2, 0.25) is 5.02 Å². The van der Waals surface area contributed by atoms with Crippen LogP contribution in [0.3, 0.4) is 0 Å². The van der Waals surface area contributed by atoms with Crippen LogP contribution in [-0.2, 0) is 6.18 Å². The van der Waals surface area contributed by atoms with Gasteiger partial charge in [-0.3, -0.25) is 0 Å². The van der Waals surface area contributed by atoms with Crippen LogP contribution in [0.25, 0.3) is 10.9 Å². The molecule has 84 valence electrons. The molecule has 1 aromatic heterocycles. The first-order valence-corrected chi connectivity index (χ1v) is 4.56. The van der Waals surface area contributed by atoms with Crippen molar-refractivity contribution in [1.82, 2.24) is 9.97 Å². The van der Waals surface area contributed by atoms with Gasteiger partial charge in [0.15, 0.2) is 5.69 Å². The zero-order chi connectivity index (χ0) is 11.9. The maximum atomic E-state index is 12.6. The summed E-state index contributed by atoms with van der Waals surface area (Å²) < 4.78 is 37.9. The van der Waals surface area contributed by atoms with E-state index in [4.69, 9.17) is 17.3 Å². The minimum atomic E-state index is -4.57. The van der Waals surface area contributed by atoms with Gasteiger partial charge in [-0.1, -0.05) is 11.6 Å². The fourth-order valence-corrected chi connectivity index (χ4v) is 1.50. The van der Waals surface area contributed by atoms with Crippen molar-refractivity contribution in [3.8, 4) is 0 Å². The van der Waals surface area contributed by atoms with Gasteiger partial charge in [-0.05, 0) is 18.2 Å². The Morgan fingerprint density at radius 3 is 2.50 bits per heavy atom. The second-order valence-electron chi connectivity index (χ2n) is 3.09. The highest BCUT2D eigenvalue weighted by Crippen LogP contribution is 2.33. The summed E-state index contributed by atoms with van der Waals surface area (Å²) in [7, 11) is 0. The van der Waals surface area contributed by atoms with Crippen molar-refractivity contribution in [2.45, 2.75) is 6.18 Å². The Balaban J connectivity index is 2.83. The highest BCUT2D eigenvalue weighted by molar-refractivity contribution is 6.31. The normalized spacial score (nSPS) is 12.0. The van der Waals surface area contributed by atoms with E-state index < -0.39 is 17.8 Å². The summed E-state index contributed by atoms with van der Waals surface area (Å²) in [4.78, 5) is 6.89. The first-order chi connectivity index (χ1) is 7.38. The van der Waals surface area contributed by atoms with Crippen LogP contribution in [0.15, 0.2) is 18.2 Å². The molecule has 0 aliphatic heterocycles. The number of hydrogen-bond acceptors (Lipinski definition) is 3. The minimum absolute atomic E-state index is 0.0762. The molecule has 0 saturated heterocycles. The van der Waals surface area contributed by atoms with Crippen molar-refractivity contribution in [3.05, 3.63) is 28.9 Å². The third-order valence-electron chi connectivity index (χ3n) is 1.94. The smallest absolute Gasteiger partial charge is 0.368 e. The van der Waals surface area contributed by atoms with Crippen molar-refractivity contribution in [1.29, 1.82) is 0 Å². The standard InChI is InChI=1S/C9H5ClF3N3/c10-4-1-2-5-6(3-4)15-8(14)16-7(5)9(11,12)13/h1-3H,(H2,14,15,16). The van der Waals surface area contributed by atoms with Crippen molar-refractivity contribution in [3.63, 3.8) is 0 Å². The summed E-state index contributed by atoms with van der Waals surface area (Å²) in [6, 6.07) is 3.88. The predicted octanol–water partition coefficient (Wildman–Crippen LogP) is 2.88. The molecule has 16 heavy (non-hydrogen) atoms. The van der Waals surface area contributed by atoms with Gasteiger partial charge in [-0.25, -0.2) is 9.97 Å². The SMILES string of the molecule is Nc1nc(C(F)(F)F)c2ccc(Cl)cc2n1. The van der Waals surface area contributed by atoms with Crippen LogP contribution in [0.5, 0.6) is 0 Å².